The van der Waals surface area contributed by atoms with Crippen LogP contribution in [0.1, 0.15) is 19.3 Å². The van der Waals surface area contributed by atoms with Gasteiger partial charge in [-0.2, -0.15) is 5.26 Å². The number of piperidine rings is 1. The molecule has 2 saturated heterocycles. The molecule has 0 radical (unpaired) electrons. The van der Waals surface area contributed by atoms with Crippen molar-refractivity contribution in [3.05, 3.63) is 30.1 Å². The van der Waals surface area contributed by atoms with Crippen LogP contribution in [0.25, 0.3) is 0 Å². The van der Waals surface area contributed by atoms with Crippen molar-refractivity contribution in [2.45, 2.75) is 37.5 Å². The number of hydrogen-bond donors (Lipinski definition) is 1. The fourth-order valence-corrected chi connectivity index (χ4v) is 3.51. The number of halogens is 2. The van der Waals surface area contributed by atoms with Gasteiger partial charge in [-0.1, -0.05) is 0 Å². The monoisotopic (exact) mass is 348 g/mol. The van der Waals surface area contributed by atoms with E-state index in [0.29, 0.717) is 0 Å². The lowest BCUT2D eigenvalue weighted by Gasteiger charge is -2.34. The predicted molar refractivity (Wildman–Crippen MR) is 90.3 cm³/mol. The highest BCUT2D eigenvalue weighted by Crippen LogP contribution is 2.21. The van der Waals surface area contributed by atoms with Gasteiger partial charge in [0.2, 0.25) is 5.91 Å². The van der Waals surface area contributed by atoms with Gasteiger partial charge >= 0.3 is 0 Å². The Hall–Kier alpha value is -2.20. The Morgan fingerprint density at radius 3 is 2.60 bits per heavy atom. The second-order valence-corrected chi connectivity index (χ2v) is 6.64. The maximum Gasteiger partial charge on any atom is 0.237 e. The third-order valence-electron chi connectivity index (χ3n) is 4.95. The van der Waals surface area contributed by atoms with Gasteiger partial charge in [0.15, 0.2) is 0 Å². The first kappa shape index (κ1) is 17.6. The number of amides is 1. The number of hydrogen-bond acceptors (Lipinski definition) is 4. The summed E-state index contributed by atoms with van der Waals surface area (Å²) >= 11 is 0. The normalized spacial score (nSPS) is 24.4. The van der Waals surface area contributed by atoms with Crippen LogP contribution in [0.3, 0.4) is 0 Å². The van der Waals surface area contributed by atoms with Crippen LogP contribution >= 0.6 is 0 Å². The number of nitrogens with one attached hydrogen (secondary N) is 1. The third-order valence-corrected chi connectivity index (χ3v) is 4.95. The Kier molecular flexibility index (Phi) is 5.49. The lowest BCUT2D eigenvalue weighted by atomic mass is 10.0. The molecule has 2 fully saturated rings. The minimum Gasteiger partial charge on any atom is -0.371 e. The van der Waals surface area contributed by atoms with Gasteiger partial charge in [0.25, 0.3) is 0 Å². The fraction of sp³-hybridized carbons (Fsp3) is 0.556. The molecule has 25 heavy (non-hydrogen) atoms. The first-order chi connectivity index (χ1) is 12.1. The lowest BCUT2D eigenvalue weighted by Crippen LogP contribution is -2.47. The van der Waals surface area contributed by atoms with Crippen molar-refractivity contribution in [2.24, 2.45) is 0 Å². The number of alkyl halides is 1. The molecule has 0 saturated carbocycles. The van der Waals surface area contributed by atoms with E-state index in [9.17, 15) is 13.6 Å². The highest BCUT2D eigenvalue weighted by Gasteiger charge is 2.35. The SMILES string of the molecule is N#CC1CC(F)CN1C(=O)CNC1CCN(c2ccc(F)cc2)CC1. The first-order valence-corrected chi connectivity index (χ1v) is 8.64. The van der Waals surface area contributed by atoms with Crippen molar-refractivity contribution < 1.29 is 13.6 Å². The average Bonchev–Trinajstić information content (AvgIpc) is 3.02. The molecule has 7 heteroatoms. The highest BCUT2D eigenvalue weighted by molar-refractivity contribution is 5.79. The van der Waals surface area contributed by atoms with E-state index in [1.807, 2.05) is 6.07 Å². The van der Waals surface area contributed by atoms with Crippen LogP contribution in [0, 0.1) is 17.1 Å². The van der Waals surface area contributed by atoms with E-state index in [1.54, 1.807) is 12.1 Å². The topological polar surface area (TPSA) is 59.4 Å². The third kappa shape index (κ3) is 4.26. The summed E-state index contributed by atoms with van der Waals surface area (Å²) in [6.07, 6.45) is 0.751. The summed E-state index contributed by atoms with van der Waals surface area (Å²) in [6, 6.07) is 8.02. The maximum atomic E-state index is 13.4. The zero-order chi connectivity index (χ0) is 17.8. The summed E-state index contributed by atoms with van der Waals surface area (Å²) < 4.78 is 26.4. The van der Waals surface area contributed by atoms with Crippen molar-refractivity contribution in [2.75, 3.05) is 31.1 Å². The number of anilines is 1. The van der Waals surface area contributed by atoms with E-state index in [2.05, 4.69) is 10.2 Å². The van der Waals surface area contributed by atoms with Gasteiger partial charge in [0.1, 0.15) is 18.0 Å². The smallest absolute Gasteiger partial charge is 0.237 e. The Bertz CT molecular complexity index is 637. The largest absolute Gasteiger partial charge is 0.371 e. The number of likely N-dealkylation sites (tertiary alicyclic amines) is 1. The molecule has 134 valence electrons. The molecule has 0 bridgehead atoms. The van der Waals surface area contributed by atoms with Crippen LogP contribution < -0.4 is 10.2 Å². The Labute approximate surface area is 146 Å². The van der Waals surface area contributed by atoms with Crippen LogP contribution in [0.15, 0.2) is 24.3 Å². The van der Waals surface area contributed by atoms with Gasteiger partial charge in [-0.3, -0.25) is 4.79 Å². The second kappa shape index (κ2) is 7.79. The number of nitrogens with zero attached hydrogens (tertiary/aromatic N) is 3. The van der Waals surface area contributed by atoms with E-state index in [0.717, 1.165) is 31.6 Å². The Balaban J connectivity index is 1.44. The molecule has 5 nitrogen and oxygen atoms in total. The standard InChI is InChI=1S/C18H22F2N4O/c19-13-1-3-16(4-2-13)23-7-5-15(6-8-23)22-11-18(25)24-12-14(20)9-17(24)10-21/h1-4,14-15,17,22H,5-9,11-12H2. The molecule has 0 aliphatic carbocycles. The van der Waals surface area contributed by atoms with Crippen molar-refractivity contribution >= 4 is 11.6 Å². The van der Waals surface area contributed by atoms with Crippen molar-refractivity contribution in [1.29, 1.82) is 5.26 Å². The van der Waals surface area contributed by atoms with E-state index >= 15 is 0 Å². The molecule has 1 N–H and O–H groups in total. The van der Waals surface area contributed by atoms with Gasteiger partial charge in [0.05, 0.1) is 19.2 Å². The molecule has 2 heterocycles. The molecule has 0 spiro atoms. The zero-order valence-electron chi connectivity index (χ0n) is 14.0. The summed E-state index contributed by atoms with van der Waals surface area (Å²) in [5.41, 5.74) is 0.999. The number of benzene rings is 1. The van der Waals surface area contributed by atoms with Gasteiger partial charge in [-0.25, -0.2) is 8.78 Å². The predicted octanol–water partition coefficient (Wildman–Crippen LogP) is 1.85. The quantitative estimate of drug-likeness (QED) is 0.902. The van der Waals surface area contributed by atoms with Gasteiger partial charge < -0.3 is 15.1 Å². The number of carbonyl (C=O) groups is 1. The van der Waals surface area contributed by atoms with Gasteiger partial charge in [-0.15, -0.1) is 0 Å². The van der Waals surface area contributed by atoms with E-state index in [4.69, 9.17) is 5.26 Å². The molecule has 3 rings (SSSR count). The summed E-state index contributed by atoms with van der Waals surface area (Å²) in [7, 11) is 0. The molecular weight excluding hydrogens is 326 g/mol. The number of nitriles is 1. The van der Waals surface area contributed by atoms with E-state index < -0.39 is 12.2 Å². The number of carbonyl (C=O) groups excluding carboxylic acids is 1. The van der Waals surface area contributed by atoms with Crippen LogP contribution in [0.4, 0.5) is 14.5 Å². The molecule has 1 aromatic carbocycles. The van der Waals surface area contributed by atoms with Crippen molar-refractivity contribution in [1.82, 2.24) is 10.2 Å². The second-order valence-electron chi connectivity index (χ2n) is 6.64. The van der Waals surface area contributed by atoms with Crippen LogP contribution in [0.5, 0.6) is 0 Å². The highest BCUT2D eigenvalue weighted by atomic mass is 19.1. The fourth-order valence-electron chi connectivity index (χ4n) is 3.51. The summed E-state index contributed by atoms with van der Waals surface area (Å²) in [5.74, 6) is -0.459. The maximum absolute atomic E-state index is 13.4. The summed E-state index contributed by atoms with van der Waals surface area (Å²) in [4.78, 5) is 15.8. The van der Waals surface area contributed by atoms with Crippen LogP contribution in [0.2, 0.25) is 0 Å². The summed E-state index contributed by atoms with van der Waals surface area (Å²) in [6.45, 7) is 1.80. The average molecular weight is 348 g/mol. The lowest BCUT2D eigenvalue weighted by molar-refractivity contribution is -0.130. The van der Waals surface area contributed by atoms with Crippen molar-refractivity contribution in [3.8, 4) is 6.07 Å². The van der Waals surface area contributed by atoms with Crippen LogP contribution in [-0.4, -0.2) is 55.2 Å². The molecule has 2 aliphatic heterocycles. The van der Waals surface area contributed by atoms with E-state index in [1.165, 1.54) is 17.0 Å². The zero-order valence-corrected chi connectivity index (χ0v) is 14.0. The Morgan fingerprint density at radius 2 is 1.96 bits per heavy atom. The minimum atomic E-state index is -1.10. The van der Waals surface area contributed by atoms with Gasteiger partial charge in [0, 0.05) is 31.2 Å². The molecule has 0 aromatic heterocycles. The first-order valence-electron chi connectivity index (χ1n) is 8.64. The number of rotatable bonds is 4. The molecule has 1 amide bonds. The van der Waals surface area contributed by atoms with E-state index in [-0.39, 0.29) is 37.3 Å². The minimum absolute atomic E-state index is 0.0156. The molecule has 1 aromatic rings. The molecule has 2 unspecified atom stereocenters. The molecular formula is C18H22F2N4O. The van der Waals surface area contributed by atoms with Crippen LogP contribution in [-0.2, 0) is 4.79 Å². The Morgan fingerprint density at radius 1 is 1.28 bits per heavy atom. The van der Waals surface area contributed by atoms with Crippen molar-refractivity contribution in [3.63, 3.8) is 0 Å². The molecule has 2 aliphatic rings. The summed E-state index contributed by atoms with van der Waals surface area (Å²) in [5, 5.41) is 12.2. The molecule has 2 atom stereocenters. The van der Waals surface area contributed by atoms with Gasteiger partial charge in [-0.05, 0) is 37.1 Å².